The Bertz CT molecular complexity index is 391. The zero-order valence-electron chi connectivity index (χ0n) is 10.1. The summed E-state index contributed by atoms with van der Waals surface area (Å²) >= 11 is 0. The Morgan fingerprint density at radius 3 is 2.94 bits per heavy atom. The fourth-order valence-corrected chi connectivity index (χ4v) is 1.64. The molecule has 94 valence electrons. The molecular formula is C13H19FN2O. The van der Waals surface area contributed by atoms with Crippen LogP contribution in [0.4, 0.5) is 15.8 Å². The van der Waals surface area contributed by atoms with Crippen LogP contribution < -0.4 is 11.1 Å². The predicted molar refractivity (Wildman–Crippen MR) is 67.6 cm³/mol. The van der Waals surface area contributed by atoms with Gasteiger partial charge in [-0.05, 0) is 43.4 Å². The zero-order valence-corrected chi connectivity index (χ0v) is 10.1. The van der Waals surface area contributed by atoms with Gasteiger partial charge in [0, 0.05) is 13.2 Å². The molecule has 0 aliphatic heterocycles. The summed E-state index contributed by atoms with van der Waals surface area (Å²) in [4.78, 5) is 0. The number of aryl methyl sites for hydroxylation is 1. The van der Waals surface area contributed by atoms with Gasteiger partial charge in [0.15, 0.2) is 0 Å². The summed E-state index contributed by atoms with van der Waals surface area (Å²) in [5, 5.41) is 3.16. The van der Waals surface area contributed by atoms with E-state index in [9.17, 15) is 4.39 Å². The Balaban J connectivity index is 1.75. The van der Waals surface area contributed by atoms with Crippen LogP contribution in [-0.4, -0.2) is 19.8 Å². The van der Waals surface area contributed by atoms with Gasteiger partial charge in [0.2, 0.25) is 0 Å². The van der Waals surface area contributed by atoms with E-state index in [0.29, 0.717) is 24.4 Å². The number of halogens is 1. The first-order chi connectivity index (χ1) is 8.16. The number of nitrogen functional groups attached to an aromatic ring is 1. The molecular weight excluding hydrogens is 219 g/mol. The molecule has 0 amide bonds. The molecule has 0 aromatic heterocycles. The van der Waals surface area contributed by atoms with Gasteiger partial charge in [-0.15, -0.1) is 0 Å². The minimum absolute atomic E-state index is 0.266. The van der Waals surface area contributed by atoms with Crippen molar-refractivity contribution in [2.75, 3.05) is 30.8 Å². The summed E-state index contributed by atoms with van der Waals surface area (Å²) in [7, 11) is 0. The normalized spacial score (nSPS) is 14.9. The molecule has 1 saturated carbocycles. The standard InChI is InChI=1S/C13H19FN2O/c1-9-6-13(12(15)7-11(9)14)16-4-5-17-8-10-2-3-10/h6-7,10,16H,2-5,8,15H2,1H3. The lowest BCUT2D eigenvalue weighted by molar-refractivity contribution is 0.134. The van der Waals surface area contributed by atoms with Crippen LogP contribution in [0.3, 0.4) is 0 Å². The van der Waals surface area contributed by atoms with Crippen LogP contribution >= 0.6 is 0 Å². The number of ether oxygens (including phenoxy) is 1. The SMILES string of the molecule is Cc1cc(NCCOCC2CC2)c(N)cc1F. The summed E-state index contributed by atoms with van der Waals surface area (Å²) in [6, 6.07) is 3.08. The largest absolute Gasteiger partial charge is 0.397 e. The smallest absolute Gasteiger partial charge is 0.128 e. The van der Waals surface area contributed by atoms with Crippen LogP contribution in [0.2, 0.25) is 0 Å². The summed E-state index contributed by atoms with van der Waals surface area (Å²) < 4.78 is 18.7. The fourth-order valence-electron chi connectivity index (χ4n) is 1.64. The Morgan fingerprint density at radius 1 is 1.47 bits per heavy atom. The Kier molecular flexibility index (Phi) is 3.84. The molecule has 0 atom stereocenters. The highest BCUT2D eigenvalue weighted by molar-refractivity contribution is 5.67. The number of nitrogens with one attached hydrogen (secondary N) is 1. The van der Waals surface area contributed by atoms with Crippen LogP contribution in [0.15, 0.2) is 12.1 Å². The summed E-state index contributed by atoms with van der Waals surface area (Å²) in [5.41, 5.74) is 7.53. The lowest BCUT2D eigenvalue weighted by Gasteiger charge is -2.11. The lowest BCUT2D eigenvalue weighted by Crippen LogP contribution is -2.12. The van der Waals surface area contributed by atoms with E-state index in [-0.39, 0.29) is 5.82 Å². The van der Waals surface area contributed by atoms with Gasteiger partial charge in [-0.3, -0.25) is 0 Å². The van der Waals surface area contributed by atoms with E-state index in [1.807, 2.05) is 0 Å². The van der Waals surface area contributed by atoms with Crippen molar-refractivity contribution in [3.8, 4) is 0 Å². The van der Waals surface area contributed by atoms with Gasteiger partial charge in [0.25, 0.3) is 0 Å². The van der Waals surface area contributed by atoms with Crippen LogP contribution in [0.5, 0.6) is 0 Å². The molecule has 0 radical (unpaired) electrons. The van der Waals surface area contributed by atoms with Crippen molar-refractivity contribution >= 4 is 11.4 Å². The van der Waals surface area contributed by atoms with Gasteiger partial charge < -0.3 is 15.8 Å². The highest BCUT2D eigenvalue weighted by Gasteiger charge is 2.20. The Labute approximate surface area is 101 Å². The first kappa shape index (κ1) is 12.2. The molecule has 0 bridgehead atoms. The maximum Gasteiger partial charge on any atom is 0.128 e. The molecule has 0 unspecified atom stereocenters. The second kappa shape index (κ2) is 5.36. The van der Waals surface area contributed by atoms with Crippen molar-refractivity contribution < 1.29 is 9.13 Å². The topological polar surface area (TPSA) is 47.3 Å². The third kappa shape index (κ3) is 3.60. The van der Waals surface area contributed by atoms with Crippen molar-refractivity contribution in [1.29, 1.82) is 0 Å². The molecule has 17 heavy (non-hydrogen) atoms. The predicted octanol–water partition coefficient (Wildman–Crippen LogP) is 2.55. The van der Waals surface area contributed by atoms with Gasteiger partial charge in [0.05, 0.1) is 18.0 Å². The maximum absolute atomic E-state index is 13.2. The highest BCUT2D eigenvalue weighted by atomic mass is 19.1. The lowest BCUT2D eigenvalue weighted by atomic mass is 10.2. The number of hydrogen-bond donors (Lipinski definition) is 2. The second-order valence-corrected chi connectivity index (χ2v) is 4.63. The van der Waals surface area contributed by atoms with Gasteiger partial charge in [0.1, 0.15) is 5.82 Å². The van der Waals surface area contributed by atoms with E-state index in [1.165, 1.54) is 18.9 Å². The fraction of sp³-hybridized carbons (Fsp3) is 0.538. The molecule has 1 fully saturated rings. The number of hydrogen-bond acceptors (Lipinski definition) is 3. The maximum atomic E-state index is 13.2. The molecule has 3 N–H and O–H groups in total. The number of benzene rings is 1. The highest BCUT2D eigenvalue weighted by Crippen LogP contribution is 2.28. The molecule has 4 heteroatoms. The quantitative estimate of drug-likeness (QED) is 0.591. The Morgan fingerprint density at radius 2 is 2.24 bits per heavy atom. The van der Waals surface area contributed by atoms with Crippen molar-refractivity contribution in [3.63, 3.8) is 0 Å². The third-order valence-electron chi connectivity index (χ3n) is 2.94. The zero-order chi connectivity index (χ0) is 12.3. The summed E-state index contributed by atoms with van der Waals surface area (Å²) in [6.45, 7) is 3.94. The average Bonchev–Trinajstić information content (AvgIpc) is 3.08. The number of rotatable bonds is 6. The van der Waals surface area contributed by atoms with Gasteiger partial charge >= 0.3 is 0 Å². The molecule has 0 heterocycles. The van der Waals surface area contributed by atoms with Gasteiger partial charge in [-0.25, -0.2) is 4.39 Å². The third-order valence-corrected chi connectivity index (χ3v) is 2.94. The monoisotopic (exact) mass is 238 g/mol. The molecule has 3 nitrogen and oxygen atoms in total. The van der Waals surface area contributed by atoms with Crippen LogP contribution in [-0.2, 0) is 4.74 Å². The molecule has 1 aromatic rings. The van der Waals surface area contributed by atoms with Gasteiger partial charge in [-0.2, -0.15) is 0 Å². The van der Waals surface area contributed by atoms with Crippen molar-refractivity contribution in [1.82, 2.24) is 0 Å². The number of nitrogens with two attached hydrogens (primary N) is 1. The van der Waals surface area contributed by atoms with E-state index >= 15 is 0 Å². The second-order valence-electron chi connectivity index (χ2n) is 4.63. The molecule has 2 rings (SSSR count). The molecule has 1 aromatic carbocycles. The summed E-state index contributed by atoms with van der Waals surface area (Å²) in [6.07, 6.45) is 2.61. The molecule has 1 aliphatic carbocycles. The van der Waals surface area contributed by atoms with Crippen molar-refractivity contribution in [2.24, 2.45) is 5.92 Å². The molecule has 0 spiro atoms. The van der Waals surface area contributed by atoms with Crippen LogP contribution in [0, 0.1) is 18.7 Å². The van der Waals surface area contributed by atoms with Crippen LogP contribution in [0.1, 0.15) is 18.4 Å². The van der Waals surface area contributed by atoms with E-state index in [2.05, 4.69) is 5.32 Å². The Hall–Kier alpha value is -1.29. The van der Waals surface area contributed by atoms with Crippen molar-refractivity contribution in [3.05, 3.63) is 23.5 Å². The van der Waals surface area contributed by atoms with E-state index < -0.39 is 0 Å². The van der Waals surface area contributed by atoms with E-state index in [4.69, 9.17) is 10.5 Å². The van der Waals surface area contributed by atoms with Crippen LogP contribution in [0.25, 0.3) is 0 Å². The first-order valence-electron chi connectivity index (χ1n) is 6.04. The minimum Gasteiger partial charge on any atom is -0.397 e. The van der Waals surface area contributed by atoms with E-state index in [0.717, 1.165) is 18.2 Å². The van der Waals surface area contributed by atoms with Gasteiger partial charge in [-0.1, -0.05) is 0 Å². The first-order valence-corrected chi connectivity index (χ1v) is 6.04. The molecule has 0 saturated heterocycles. The average molecular weight is 238 g/mol. The van der Waals surface area contributed by atoms with Crippen molar-refractivity contribution in [2.45, 2.75) is 19.8 Å². The summed E-state index contributed by atoms with van der Waals surface area (Å²) in [5.74, 6) is 0.520. The van der Waals surface area contributed by atoms with E-state index in [1.54, 1.807) is 13.0 Å². The number of anilines is 2. The minimum atomic E-state index is -0.266. The molecule has 1 aliphatic rings.